The molecule has 1 aliphatic heterocycles. The Labute approximate surface area is 173 Å². The van der Waals surface area contributed by atoms with E-state index in [1.54, 1.807) is 32.9 Å². The summed E-state index contributed by atoms with van der Waals surface area (Å²) >= 11 is 0. The SMILES string of the molecule is Cc1c(C(=O)NC(C(=O)OCc2ccc(F)cc2F)C(C)C)ccc2c1B(O)OC2. The smallest absolute Gasteiger partial charge is 0.459 e. The lowest BCUT2D eigenvalue weighted by atomic mass is 9.75. The zero-order valence-electron chi connectivity index (χ0n) is 16.9. The summed E-state index contributed by atoms with van der Waals surface area (Å²) in [4.78, 5) is 25.3. The van der Waals surface area contributed by atoms with Crippen LogP contribution in [0.25, 0.3) is 0 Å². The zero-order chi connectivity index (χ0) is 22.0. The second-order valence-electron chi connectivity index (χ2n) is 7.51. The normalized spacial score (nSPS) is 13.9. The van der Waals surface area contributed by atoms with Crippen LogP contribution in [0.4, 0.5) is 8.78 Å². The molecule has 1 amide bonds. The number of carbonyl (C=O) groups is 2. The van der Waals surface area contributed by atoms with Gasteiger partial charge in [0.25, 0.3) is 5.91 Å². The Kier molecular flexibility index (Phi) is 6.53. The van der Waals surface area contributed by atoms with Crippen molar-refractivity contribution in [2.75, 3.05) is 0 Å². The number of ether oxygens (including phenoxy) is 1. The standard InChI is InChI=1S/C21H22BF2NO5/c1-11(2)19(21(27)29-9-13-4-6-15(23)8-17(13)24)25-20(26)16-7-5-14-10-30-22(28)18(14)12(16)3/h4-8,11,19,28H,9-10H2,1-3H3,(H,25,26). The maximum atomic E-state index is 13.7. The molecule has 9 heteroatoms. The van der Waals surface area contributed by atoms with E-state index in [1.165, 1.54) is 6.07 Å². The molecule has 0 spiro atoms. The molecule has 1 aliphatic rings. The first-order chi connectivity index (χ1) is 14.2. The van der Waals surface area contributed by atoms with Gasteiger partial charge in [-0.15, -0.1) is 0 Å². The highest BCUT2D eigenvalue weighted by atomic mass is 19.1. The first-order valence-electron chi connectivity index (χ1n) is 9.52. The fourth-order valence-electron chi connectivity index (χ4n) is 3.35. The van der Waals surface area contributed by atoms with Crippen LogP contribution in [0.15, 0.2) is 30.3 Å². The van der Waals surface area contributed by atoms with Gasteiger partial charge in [-0.2, -0.15) is 0 Å². The lowest BCUT2D eigenvalue weighted by Crippen LogP contribution is -2.46. The predicted molar refractivity (Wildman–Crippen MR) is 106 cm³/mol. The minimum Gasteiger partial charge on any atom is -0.459 e. The van der Waals surface area contributed by atoms with Gasteiger partial charge in [-0.25, -0.2) is 13.6 Å². The molecule has 0 fully saturated rings. The number of hydrogen-bond donors (Lipinski definition) is 2. The van der Waals surface area contributed by atoms with Crippen molar-refractivity contribution in [1.29, 1.82) is 0 Å². The van der Waals surface area contributed by atoms with E-state index >= 15 is 0 Å². The molecule has 0 aliphatic carbocycles. The molecule has 1 atom stereocenters. The zero-order valence-corrected chi connectivity index (χ0v) is 16.9. The van der Waals surface area contributed by atoms with Crippen LogP contribution in [-0.2, 0) is 27.4 Å². The highest BCUT2D eigenvalue weighted by Crippen LogP contribution is 2.17. The van der Waals surface area contributed by atoms with Crippen LogP contribution in [0.1, 0.15) is 40.9 Å². The number of hydrogen-bond acceptors (Lipinski definition) is 5. The van der Waals surface area contributed by atoms with Crippen molar-refractivity contribution in [1.82, 2.24) is 5.32 Å². The van der Waals surface area contributed by atoms with Crippen LogP contribution in [0, 0.1) is 24.5 Å². The molecule has 0 radical (unpaired) electrons. The van der Waals surface area contributed by atoms with E-state index in [0.717, 1.165) is 11.6 Å². The van der Waals surface area contributed by atoms with E-state index in [9.17, 15) is 23.4 Å². The van der Waals surface area contributed by atoms with Crippen molar-refractivity contribution in [2.24, 2.45) is 5.92 Å². The maximum Gasteiger partial charge on any atom is 0.492 e. The fraction of sp³-hybridized carbons (Fsp3) is 0.333. The van der Waals surface area contributed by atoms with Crippen molar-refractivity contribution < 1.29 is 32.8 Å². The first-order valence-corrected chi connectivity index (χ1v) is 9.52. The third-order valence-corrected chi connectivity index (χ3v) is 5.09. The molecule has 2 N–H and O–H groups in total. The van der Waals surface area contributed by atoms with Crippen LogP contribution in [0.5, 0.6) is 0 Å². The highest BCUT2D eigenvalue weighted by Gasteiger charge is 2.32. The van der Waals surface area contributed by atoms with Gasteiger partial charge >= 0.3 is 13.1 Å². The molecule has 0 bridgehead atoms. The van der Waals surface area contributed by atoms with Crippen LogP contribution in [0.3, 0.4) is 0 Å². The van der Waals surface area contributed by atoms with Gasteiger partial charge in [-0.1, -0.05) is 19.9 Å². The molecule has 1 unspecified atom stereocenters. The van der Waals surface area contributed by atoms with Crippen molar-refractivity contribution in [3.05, 3.63) is 64.2 Å². The van der Waals surface area contributed by atoms with Gasteiger partial charge in [0.2, 0.25) is 0 Å². The number of halogens is 2. The Bertz CT molecular complexity index is 982. The van der Waals surface area contributed by atoms with E-state index in [0.29, 0.717) is 22.7 Å². The van der Waals surface area contributed by atoms with Crippen molar-refractivity contribution in [3.8, 4) is 0 Å². The average molecular weight is 417 g/mol. The molecule has 2 aromatic rings. The van der Waals surface area contributed by atoms with Gasteiger partial charge in [0.05, 0.1) is 6.61 Å². The fourth-order valence-corrected chi connectivity index (χ4v) is 3.35. The lowest BCUT2D eigenvalue weighted by Gasteiger charge is -2.22. The number of benzene rings is 2. The van der Waals surface area contributed by atoms with Crippen LogP contribution < -0.4 is 10.8 Å². The third kappa shape index (κ3) is 4.52. The molecule has 0 aromatic heterocycles. The molecule has 1 heterocycles. The summed E-state index contributed by atoms with van der Waals surface area (Å²) < 4.78 is 37.1. The number of esters is 1. The number of carbonyl (C=O) groups excluding carboxylic acids is 2. The van der Waals surface area contributed by atoms with E-state index in [1.807, 2.05) is 0 Å². The van der Waals surface area contributed by atoms with Crippen molar-refractivity contribution >= 4 is 24.5 Å². The quantitative estimate of drug-likeness (QED) is 0.555. The van der Waals surface area contributed by atoms with Crippen molar-refractivity contribution in [2.45, 2.75) is 40.0 Å². The Morgan fingerprint density at radius 3 is 2.67 bits per heavy atom. The first kappa shape index (κ1) is 21.9. The van der Waals surface area contributed by atoms with Crippen LogP contribution in [0.2, 0.25) is 0 Å². The minimum atomic E-state index is -1.09. The predicted octanol–water partition coefficient (Wildman–Crippen LogP) is 1.99. The molecule has 6 nitrogen and oxygen atoms in total. The second kappa shape index (κ2) is 8.93. The Balaban J connectivity index is 1.71. The molecule has 3 rings (SSSR count). The van der Waals surface area contributed by atoms with Gasteiger partial charge in [0.15, 0.2) is 0 Å². The number of fused-ring (bicyclic) bond motifs is 1. The summed E-state index contributed by atoms with van der Waals surface area (Å²) in [6.45, 7) is 5.05. The average Bonchev–Trinajstić information content (AvgIpc) is 3.06. The van der Waals surface area contributed by atoms with Crippen LogP contribution >= 0.6 is 0 Å². The van der Waals surface area contributed by atoms with Gasteiger partial charge in [-0.3, -0.25) is 4.79 Å². The Morgan fingerprint density at radius 1 is 1.27 bits per heavy atom. The molecular weight excluding hydrogens is 395 g/mol. The summed E-state index contributed by atoms with van der Waals surface area (Å²) in [5.74, 6) is -3.08. The van der Waals surface area contributed by atoms with E-state index in [2.05, 4.69) is 5.32 Å². The number of nitrogens with one attached hydrogen (secondary N) is 1. The number of amides is 1. The van der Waals surface area contributed by atoms with Crippen LogP contribution in [-0.4, -0.2) is 30.1 Å². The van der Waals surface area contributed by atoms with Gasteiger partial charge in [0, 0.05) is 17.2 Å². The number of rotatable bonds is 6. The van der Waals surface area contributed by atoms with E-state index < -0.39 is 36.7 Å². The molecular formula is C21H22BF2NO5. The molecule has 0 saturated heterocycles. The summed E-state index contributed by atoms with van der Waals surface area (Å²) in [5.41, 5.74) is 2.26. The van der Waals surface area contributed by atoms with Gasteiger partial charge in [0.1, 0.15) is 24.3 Å². The molecule has 158 valence electrons. The molecule has 2 aromatic carbocycles. The Hall–Kier alpha value is -2.78. The van der Waals surface area contributed by atoms with Gasteiger partial charge in [-0.05, 0) is 47.6 Å². The topological polar surface area (TPSA) is 84.9 Å². The molecule has 0 saturated carbocycles. The van der Waals surface area contributed by atoms with Gasteiger partial charge < -0.3 is 19.7 Å². The maximum absolute atomic E-state index is 13.7. The lowest BCUT2D eigenvalue weighted by molar-refractivity contribution is -0.148. The van der Waals surface area contributed by atoms with E-state index in [-0.39, 0.29) is 24.7 Å². The summed E-state index contributed by atoms with van der Waals surface area (Å²) in [5, 5.41) is 12.6. The van der Waals surface area contributed by atoms with E-state index in [4.69, 9.17) is 9.39 Å². The summed E-state index contributed by atoms with van der Waals surface area (Å²) in [6.07, 6.45) is 0. The second-order valence-corrected chi connectivity index (χ2v) is 7.51. The monoisotopic (exact) mass is 417 g/mol. The van der Waals surface area contributed by atoms with Crippen molar-refractivity contribution in [3.63, 3.8) is 0 Å². The summed E-state index contributed by atoms with van der Waals surface area (Å²) in [6, 6.07) is 5.31. The third-order valence-electron chi connectivity index (χ3n) is 5.09. The minimum absolute atomic E-state index is 0.0297. The summed E-state index contributed by atoms with van der Waals surface area (Å²) in [7, 11) is -1.09. The Morgan fingerprint density at radius 2 is 2.00 bits per heavy atom. The molecule has 30 heavy (non-hydrogen) atoms. The largest absolute Gasteiger partial charge is 0.492 e. The highest BCUT2D eigenvalue weighted by molar-refractivity contribution is 6.62.